The van der Waals surface area contributed by atoms with Crippen LogP contribution in [0.3, 0.4) is 0 Å². The molecule has 23 heteroatoms. The second-order valence-corrected chi connectivity index (χ2v) is 26.6. The van der Waals surface area contributed by atoms with Gasteiger partial charge in [-0.3, -0.25) is 0 Å². The van der Waals surface area contributed by atoms with E-state index in [0.29, 0.717) is 135 Å². The van der Waals surface area contributed by atoms with Crippen molar-refractivity contribution in [2.45, 2.75) is 127 Å². The van der Waals surface area contributed by atoms with Crippen LogP contribution in [0.2, 0.25) is 0 Å². The monoisotopic (exact) mass is 1380 g/mol. The number of aromatic nitrogens is 2. The van der Waals surface area contributed by atoms with Gasteiger partial charge in [-0.2, -0.15) is 0 Å². The summed E-state index contributed by atoms with van der Waals surface area (Å²) >= 11 is -1.79. The zero-order chi connectivity index (χ0) is 65.1. The first-order valence-electron chi connectivity index (χ1n) is 31.8. The molecule has 0 unspecified atom stereocenters. The number of hydrogen-bond donors (Lipinski definition) is 0. The van der Waals surface area contributed by atoms with E-state index in [4.69, 9.17) is 103 Å². The summed E-state index contributed by atoms with van der Waals surface area (Å²) in [7, 11) is 0. The van der Waals surface area contributed by atoms with Crippen LogP contribution in [0.5, 0.6) is 46.0 Å². The summed E-state index contributed by atoms with van der Waals surface area (Å²) in [6, 6.07) is 31.0. The minimum atomic E-state index is -1.79. The quantitative estimate of drug-likeness (QED) is 0.130. The number of allylic oxidation sites excluding steroid dienone is 4. The molecule has 22 nitrogen and oxygen atoms in total. The number of fused-ring (bicyclic) bond motifs is 15. The molecule has 0 aliphatic carbocycles. The summed E-state index contributed by atoms with van der Waals surface area (Å²) in [6.45, 7) is 15.6. The van der Waals surface area contributed by atoms with Crippen molar-refractivity contribution in [3.63, 3.8) is 0 Å². The topological polar surface area (TPSA) is 235 Å². The SMILES string of the molecule is CC1(C)O[C@H]2COc3cccc4c3C3=C5C=CC(=N5)C5=c6ccc([n-]6)=C6C7=NC(=C(c8ccc3[n-]8)c3c(cccc3OC[C@@H]3OC(C)(C)O[C@H]3COc3cccc(c36)OC[C@@H]3OC(C)(C)O[C@H]3COc3cccc(c35)OC[C@@H]3OC(C)(C)O[C@H]3CO4)OC[C@@H]2O1)C=C7.[O]=[Ru]=[O]. The molecule has 95 heavy (non-hydrogen) atoms. The van der Waals surface area contributed by atoms with Crippen molar-refractivity contribution in [3.8, 4) is 46.0 Å². The fourth-order valence-electron chi connectivity index (χ4n) is 14.2. The maximum atomic E-state index is 8.46. The third kappa shape index (κ3) is 11.6. The molecular formula is C72H68N4O18Ru-2. The molecule has 6 aromatic rings. The first-order chi connectivity index (χ1) is 45.8. The van der Waals surface area contributed by atoms with Gasteiger partial charge in [-0.25, -0.2) is 9.98 Å². The molecule has 2 aromatic heterocycles. The van der Waals surface area contributed by atoms with E-state index in [9.17, 15) is 0 Å². The van der Waals surface area contributed by atoms with E-state index in [2.05, 4.69) is 0 Å². The molecule has 11 aliphatic rings. The van der Waals surface area contributed by atoms with Gasteiger partial charge in [0.15, 0.2) is 23.1 Å². The van der Waals surface area contributed by atoms with Crippen LogP contribution in [-0.4, -0.2) is 136 Å². The van der Waals surface area contributed by atoms with Crippen LogP contribution in [-0.2, 0) is 62.1 Å². The molecule has 3 saturated heterocycles. The Labute approximate surface area is 554 Å². The first kappa shape index (κ1) is 61.6. The van der Waals surface area contributed by atoms with Crippen LogP contribution in [0, 0.1) is 0 Å². The van der Waals surface area contributed by atoms with Gasteiger partial charge in [-0.15, -0.1) is 22.1 Å². The van der Waals surface area contributed by atoms with Gasteiger partial charge in [0.25, 0.3) is 0 Å². The second-order valence-electron chi connectivity index (χ2n) is 26.3. The van der Waals surface area contributed by atoms with Crippen molar-refractivity contribution in [2.75, 3.05) is 52.9 Å². The molecule has 8 atom stereocenters. The Balaban J connectivity index is 0.00000233. The molecule has 32 bridgehead atoms. The zero-order valence-electron chi connectivity index (χ0n) is 53.3. The number of nitrogens with zero attached hydrogens (tertiary/aromatic N) is 4. The predicted octanol–water partition coefficient (Wildman–Crippen LogP) is 8.18. The standard InChI is InChI=1S/C72H68N4O16.2O.Ru/c1-69(2)85-53-29-77-45-13-9-15-47-65(45)61-37-21-22-38(73-37)62-40-24-26-42(75-40)64-44-28-27-43(76-44)63(41-25-23-39(61)74-41)67-49(81-33-57-55(31-79-47)87-70(3,4)89-57)17-11-19-51(67)83-35-59-60(92-72(7,8)91-59)36-84-52-20-12-18-50(68(52)64)82-34-58-56(88-71(5,6)90-58)32-80-48-16-10-14-46(66(48)62)78-30-54(53)86-69;;;/h9-28,53-60H,29-36H2,1-8H3;;;/q-2;;;/t53-,54-,55-,56-,57-,58-,59-,60-;;;/m0.../s1. The van der Waals surface area contributed by atoms with Crippen LogP contribution in [0.25, 0.3) is 22.3 Å². The molecule has 0 radical (unpaired) electrons. The summed E-state index contributed by atoms with van der Waals surface area (Å²) in [4.78, 5) is 22.9. The van der Waals surface area contributed by atoms with Crippen LogP contribution < -0.4 is 58.6 Å². The van der Waals surface area contributed by atoms with Crippen molar-refractivity contribution in [3.05, 3.63) is 177 Å². The van der Waals surface area contributed by atoms with Crippen molar-refractivity contribution in [2.24, 2.45) is 9.98 Å². The molecule has 4 aromatic carbocycles. The van der Waals surface area contributed by atoms with Gasteiger partial charge < -0.3 is 85.8 Å². The Bertz CT molecular complexity index is 4190. The molecule has 17 rings (SSSR count). The Morgan fingerprint density at radius 3 is 0.800 bits per heavy atom. The molecule has 11 aliphatic heterocycles. The van der Waals surface area contributed by atoms with E-state index in [1.54, 1.807) is 0 Å². The van der Waals surface area contributed by atoms with Gasteiger partial charge in [-0.1, -0.05) is 48.5 Å². The number of ether oxygens (including phenoxy) is 16. The molecule has 3 fully saturated rings. The van der Waals surface area contributed by atoms with E-state index < -0.39 is 89.0 Å². The summed E-state index contributed by atoms with van der Waals surface area (Å²) in [5.41, 5.74) is 7.87. The number of hydrogen-bond acceptors (Lipinski definition) is 20. The van der Waals surface area contributed by atoms with Crippen LogP contribution in [0.15, 0.2) is 143 Å². The van der Waals surface area contributed by atoms with Gasteiger partial charge >= 0.3 is 24.2 Å². The zero-order valence-corrected chi connectivity index (χ0v) is 55.1. The van der Waals surface area contributed by atoms with Crippen molar-refractivity contribution in [1.82, 2.24) is 9.97 Å². The van der Waals surface area contributed by atoms with Crippen LogP contribution >= 0.6 is 0 Å². The van der Waals surface area contributed by atoms with Crippen LogP contribution in [0.1, 0.15) is 89.0 Å². The van der Waals surface area contributed by atoms with Gasteiger partial charge in [0.05, 0.1) is 45.1 Å². The van der Waals surface area contributed by atoms with Gasteiger partial charge in [0.1, 0.15) is 148 Å². The fourth-order valence-corrected chi connectivity index (χ4v) is 14.2. The minimum absolute atomic E-state index is 0.0551. The number of benzene rings is 4. The summed E-state index contributed by atoms with van der Waals surface area (Å²) in [5.74, 6) is -0.238. The van der Waals surface area contributed by atoms with Gasteiger partial charge in [0.2, 0.25) is 0 Å². The van der Waals surface area contributed by atoms with E-state index in [1.165, 1.54) is 0 Å². The Morgan fingerprint density at radius 1 is 0.326 bits per heavy atom. The summed E-state index contributed by atoms with van der Waals surface area (Å²) < 4.78 is 127. The third-order valence-corrected chi connectivity index (χ3v) is 17.9. The third-order valence-electron chi connectivity index (χ3n) is 17.9. The Hall–Kier alpha value is -8.22. The van der Waals surface area contributed by atoms with Crippen LogP contribution in [0.4, 0.5) is 0 Å². The van der Waals surface area contributed by atoms with E-state index in [-0.39, 0.29) is 52.9 Å². The first-order valence-corrected chi connectivity index (χ1v) is 33.2. The van der Waals surface area contributed by atoms with Crippen molar-refractivity contribution in [1.29, 1.82) is 0 Å². The summed E-state index contributed by atoms with van der Waals surface area (Å²) in [6.07, 6.45) is 3.01. The van der Waals surface area contributed by atoms with E-state index >= 15 is 0 Å². The molecule has 0 saturated carbocycles. The van der Waals surface area contributed by atoms with Crippen molar-refractivity contribution >= 4 is 33.7 Å². The Kier molecular flexibility index (Phi) is 15.5. The average molecular weight is 1380 g/mol. The molecule has 0 N–H and O–H groups in total. The Morgan fingerprint density at radius 2 is 0.558 bits per heavy atom. The molecule has 0 amide bonds. The average Bonchev–Trinajstić information content (AvgIpc) is 1.65. The number of rotatable bonds is 0. The predicted molar refractivity (Wildman–Crippen MR) is 335 cm³/mol. The van der Waals surface area contributed by atoms with Gasteiger partial charge in [0, 0.05) is 22.3 Å². The maximum absolute atomic E-state index is 8.46. The van der Waals surface area contributed by atoms with Crippen molar-refractivity contribution < 1.29 is 100.0 Å². The second kappa shape index (κ2) is 23.9. The molecule has 0 spiro atoms. The molecular weight excluding hydrogens is 1310 g/mol. The van der Waals surface area contributed by atoms with E-state index in [0.717, 1.165) is 0 Å². The van der Waals surface area contributed by atoms with E-state index in [1.807, 2.05) is 177 Å². The number of aliphatic imine (C=N–C) groups is 2. The normalized spacial score (nSPS) is 27.5. The fraction of sp³-hybridized carbons (Fsp3) is 0.389. The molecule has 494 valence electrons. The summed E-state index contributed by atoms with van der Waals surface area (Å²) in [5, 5.41) is 1.07. The molecule has 13 heterocycles. The van der Waals surface area contributed by atoms with Gasteiger partial charge in [-0.05, 0) is 128 Å².